The van der Waals surface area contributed by atoms with Crippen molar-refractivity contribution in [3.63, 3.8) is 0 Å². The Morgan fingerprint density at radius 1 is 1.22 bits per heavy atom. The van der Waals surface area contributed by atoms with Crippen molar-refractivity contribution in [2.24, 2.45) is 11.8 Å². The number of benzene rings is 1. The second kappa shape index (κ2) is 5.01. The van der Waals surface area contributed by atoms with Gasteiger partial charge in [-0.15, -0.1) is 13.2 Å². The Balaban J connectivity index is 2.48. The van der Waals surface area contributed by atoms with Crippen molar-refractivity contribution in [2.75, 3.05) is 7.11 Å². The lowest BCUT2D eigenvalue weighted by molar-refractivity contribution is 0.345. The maximum atomic E-state index is 5.35. The van der Waals surface area contributed by atoms with Gasteiger partial charge in [-0.2, -0.15) is 0 Å². The minimum Gasteiger partial charge on any atom is -0.497 e. The van der Waals surface area contributed by atoms with Gasteiger partial charge < -0.3 is 4.74 Å². The predicted octanol–water partition coefficient (Wildman–Crippen LogP) is 4.35. The predicted molar refractivity (Wildman–Crippen MR) is 77.0 cm³/mol. The van der Waals surface area contributed by atoms with E-state index >= 15 is 0 Å². The highest BCUT2D eigenvalue weighted by Crippen LogP contribution is 2.50. The average Bonchev–Trinajstić information content (AvgIpc) is 2.76. The molecule has 1 aliphatic rings. The molecule has 1 fully saturated rings. The maximum Gasteiger partial charge on any atom is 0.119 e. The highest BCUT2D eigenvalue weighted by molar-refractivity contribution is 5.37. The van der Waals surface area contributed by atoms with Crippen molar-refractivity contribution in [3.8, 4) is 5.75 Å². The van der Waals surface area contributed by atoms with E-state index in [0.717, 1.165) is 5.75 Å². The van der Waals surface area contributed by atoms with E-state index in [-0.39, 0.29) is 5.41 Å². The number of hydrogen-bond acceptors (Lipinski definition) is 1. The Hall–Kier alpha value is -1.50. The molecule has 0 bridgehead atoms. The quantitative estimate of drug-likeness (QED) is 0.713. The first kappa shape index (κ1) is 12.9. The maximum absolute atomic E-state index is 5.35. The summed E-state index contributed by atoms with van der Waals surface area (Å²) in [6.45, 7) is 10.3. The van der Waals surface area contributed by atoms with Gasteiger partial charge in [0.1, 0.15) is 5.75 Å². The van der Waals surface area contributed by atoms with Crippen molar-refractivity contribution >= 4 is 0 Å². The van der Waals surface area contributed by atoms with Gasteiger partial charge in [-0.05, 0) is 42.4 Å². The van der Waals surface area contributed by atoms with Gasteiger partial charge in [-0.1, -0.05) is 31.2 Å². The van der Waals surface area contributed by atoms with Crippen LogP contribution in [0.3, 0.4) is 0 Å². The molecule has 0 aliphatic heterocycles. The molecule has 1 nitrogen and oxygen atoms in total. The molecule has 1 aromatic rings. The van der Waals surface area contributed by atoms with Crippen molar-refractivity contribution in [1.82, 2.24) is 0 Å². The molecular weight excluding hydrogens is 220 g/mol. The standard InChI is InChI=1S/C17H22O/c1-5-13-10-11-14(6-2)17(13,3)15-8-7-9-16(12-15)18-4/h5-9,12-14H,1-2,10-11H2,3-4H3/t13-,14-/m0/s1. The van der Waals surface area contributed by atoms with Crippen LogP contribution in [0.5, 0.6) is 5.75 Å². The molecule has 0 spiro atoms. The van der Waals surface area contributed by atoms with E-state index in [1.807, 2.05) is 6.07 Å². The van der Waals surface area contributed by atoms with Gasteiger partial charge in [0.15, 0.2) is 0 Å². The summed E-state index contributed by atoms with van der Waals surface area (Å²) in [6.07, 6.45) is 6.58. The Labute approximate surface area is 110 Å². The lowest BCUT2D eigenvalue weighted by Gasteiger charge is -2.35. The molecule has 96 valence electrons. The molecule has 2 rings (SSSR count). The normalized spacial score (nSPS) is 25.7. The Morgan fingerprint density at radius 3 is 2.33 bits per heavy atom. The Morgan fingerprint density at radius 2 is 1.83 bits per heavy atom. The molecule has 0 radical (unpaired) electrons. The highest BCUT2D eigenvalue weighted by atomic mass is 16.5. The van der Waals surface area contributed by atoms with E-state index in [4.69, 9.17) is 4.74 Å². The topological polar surface area (TPSA) is 9.23 Å². The molecule has 2 atom stereocenters. The van der Waals surface area contributed by atoms with E-state index in [9.17, 15) is 0 Å². The fraction of sp³-hybridized carbons (Fsp3) is 0.412. The lowest BCUT2D eigenvalue weighted by atomic mass is 9.68. The van der Waals surface area contributed by atoms with Crippen molar-refractivity contribution < 1.29 is 4.74 Å². The molecule has 18 heavy (non-hydrogen) atoms. The Kier molecular flexibility index (Phi) is 3.60. The summed E-state index contributed by atoms with van der Waals surface area (Å²) in [5.74, 6) is 1.94. The Bertz CT molecular complexity index is 431. The van der Waals surface area contributed by atoms with Crippen LogP contribution < -0.4 is 4.74 Å². The van der Waals surface area contributed by atoms with Crippen molar-refractivity contribution in [2.45, 2.75) is 25.2 Å². The zero-order valence-electron chi connectivity index (χ0n) is 11.4. The van der Waals surface area contributed by atoms with Crippen LogP contribution in [0.4, 0.5) is 0 Å². The molecule has 1 aliphatic carbocycles. The van der Waals surface area contributed by atoms with Crippen LogP contribution in [0.25, 0.3) is 0 Å². The van der Waals surface area contributed by atoms with E-state index in [0.29, 0.717) is 11.8 Å². The number of hydrogen-bond donors (Lipinski definition) is 0. The van der Waals surface area contributed by atoms with E-state index in [1.54, 1.807) is 7.11 Å². The van der Waals surface area contributed by atoms with Gasteiger partial charge in [-0.3, -0.25) is 0 Å². The minimum absolute atomic E-state index is 0.0953. The molecule has 1 heteroatoms. The molecule has 0 saturated heterocycles. The summed E-state index contributed by atoms with van der Waals surface area (Å²) in [5, 5.41) is 0. The third-order valence-electron chi connectivity index (χ3n) is 4.59. The molecule has 1 saturated carbocycles. The van der Waals surface area contributed by atoms with E-state index < -0.39 is 0 Å². The molecule has 0 amide bonds. The number of methoxy groups -OCH3 is 1. The summed E-state index contributed by atoms with van der Waals surface area (Å²) in [6, 6.07) is 8.41. The molecule has 0 heterocycles. The van der Waals surface area contributed by atoms with E-state index in [2.05, 4.69) is 50.4 Å². The summed E-state index contributed by atoms with van der Waals surface area (Å²) in [4.78, 5) is 0. The molecule has 0 N–H and O–H groups in total. The van der Waals surface area contributed by atoms with Crippen molar-refractivity contribution in [1.29, 1.82) is 0 Å². The first-order chi connectivity index (χ1) is 8.66. The van der Waals surface area contributed by atoms with Crippen molar-refractivity contribution in [3.05, 3.63) is 55.1 Å². The summed E-state index contributed by atoms with van der Waals surface area (Å²) in [7, 11) is 1.71. The zero-order chi connectivity index (χ0) is 13.2. The first-order valence-corrected chi connectivity index (χ1v) is 6.56. The third kappa shape index (κ3) is 1.88. The second-order valence-corrected chi connectivity index (χ2v) is 5.28. The van der Waals surface area contributed by atoms with Crippen LogP contribution in [-0.2, 0) is 5.41 Å². The fourth-order valence-corrected chi connectivity index (χ4v) is 3.35. The summed E-state index contributed by atoms with van der Waals surface area (Å²) >= 11 is 0. The van der Waals surface area contributed by atoms with Crippen LogP contribution in [0.1, 0.15) is 25.3 Å². The number of ether oxygens (including phenoxy) is 1. The van der Waals surface area contributed by atoms with Gasteiger partial charge >= 0.3 is 0 Å². The second-order valence-electron chi connectivity index (χ2n) is 5.28. The first-order valence-electron chi connectivity index (χ1n) is 6.56. The monoisotopic (exact) mass is 242 g/mol. The number of allylic oxidation sites excluding steroid dienone is 2. The minimum atomic E-state index is 0.0953. The van der Waals surface area contributed by atoms with E-state index in [1.165, 1.54) is 18.4 Å². The van der Waals surface area contributed by atoms with Gasteiger partial charge in [0, 0.05) is 5.41 Å². The van der Waals surface area contributed by atoms with Crippen LogP contribution >= 0.6 is 0 Å². The van der Waals surface area contributed by atoms with Crippen LogP contribution in [-0.4, -0.2) is 7.11 Å². The molecule has 1 aromatic carbocycles. The fourth-order valence-electron chi connectivity index (χ4n) is 3.35. The van der Waals surface area contributed by atoms with Crippen LogP contribution in [0.2, 0.25) is 0 Å². The molecule has 0 unspecified atom stereocenters. The zero-order valence-corrected chi connectivity index (χ0v) is 11.4. The van der Waals surface area contributed by atoms with Gasteiger partial charge in [0.05, 0.1) is 7.11 Å². The molecule has 0 aromatic heterocycles. The SMILES string of the molecule is C=C[C@H]1CC[C@H](C=C)C1(C)c1cccc(OC)c1. The number of rotatable bonds is 4. The smallest absolute Gasteiger partial charge is 0.119 e. The van der Waals surface area contributed by atoms with Crippen LogP contribution in [0, 0.1) is 11.8 Å². The molecular formula is C17H22O. The third-order valence-corrected chi connectivity index (χ3v) is 4.59. The summed E-state index contributed by atoms with van der Waals surface area (Å²) in [5.41, 5.74) is 1.42. The van der Waals surface area contributed by atoms with Gasteiger partial charge in [-0.25, -0.2) is 0 Å². The van der Waals surface area contributed by atoms with Crippen LogP contribution in [0.15, 0.2) is 49.6 Å². The van der Waals surface area contributed by atoms with Gasteiger partial charge in [0.2, 0.25) is 0 Å². The average molecular weight is 242 g/mol. The summed E-state index contributed by atoms with van der Waals surface area (Å²) < 4.78 is 5.35. The largest absolute Gasteiger partial charge is 0.497 e. The van der Waals surface area contributed by atoms with Gasteiger partial charge in [0.25, 0.3) is 0 Å². The lowest BCUT2D eigenvalue weighted by Crippen LogP contribution is -2.31. The highest BCUT2D eigenvalue weighted by Gasteiger charge is 2.44.